The number of aromatic nitrogens is 1. The summed E-state index contributed by atoms with van der Waals surface area (Å²) in [6, 6.07) is 1.70. The SMILES string of the molecule is O=C(O)c1cnc(O[C@@H]2CCCOC2)c(C2CC2)c1. The number of hydrogen-bond acceptors (Lipinski definition) is 4. The van der Waals surface area contributed by atoms with Gasteiger partial charge in [0.2, 0.25) is 5.88 Å². The molecule has 1 aliphatic heterocycles. The van der Waals surface area contributed by atoms with Gasteiger partial charge in [0.15, 0.2) is 0 Å². The number of carboxylic acids is 1. The quantitative estimate of drug-likeness (QED) is 0.902. The second-order valence-electron chi connectivity index (χ2n) is 5.15. The molecule has 0 bridgehead atoms. The topological polar surface area (TPSA) is 68.7 Å². The molecule has 0 radical (unpaired) electrons. The van der Waals surface area contributed by atoms with Gasteiger partial charge in [-0.05, 0) is 37.7 Å². The number of pyridine rings is 1. The van der Waals surface area contributed by atoms with Crippen molar-refractivity contribution in [1.82, 2.24) is 4.98 Å². The van der Waals surface area contributed by atoms with E-state index in [1.54, 1.807) is 6.07 Å². The first-order chi connectivity index (χ1) is 9.24. The lowest BCUT2D eigenvalue weighted by atomic mass is 10.1. The molecule has 0 unspecified atom stereocenters. The summed E-state index contributed by atoms with van der Waals surface area (Å²) in [4.78, 5) is 15.2. The molecule has 0 spiro atoms. The van der Waals surface area contributed by atoms with E-state index in [2.05, 4.69) is 4.98 Å². The van der Waals surface area contributed by atoms with Crippen molar-refractivity contribution in [3.63, 3.8) is 0 Å². The fourth-order valence-electron chi connectivity index (χ4n) is 2.33. The Morgan fingerprint density at radius 1 is 1.42 bits per heavy atom. The zero-order valence-electron chi connectivity index (χ0n) is 10.7. The van der Waals surface area contributed by atoms with Crippen molar-refractivity contribution in [2.75, 3.05) is 13.2 Å². The Bertz CT molecular complexity index is 478. The Morgan fingerprint density at radius 2 is 2.26 bits per heavy atom. The van der Waals surface area contributed by atoms with Crippen molar-refractivity contribution < 1.29 is 19.4 Å². The van der Waals surface area contributed by atoms with E-state index in [1.807, 2.05) is 0 Å². The van der Waals surface area contributed by atoms with Crippen molar-refractivity contribution >= 4 is 5.97 Å². The molecule has 5 nitrogen and oxygen atoms in total. The first kappa shape index (κ1) is 12.4. The molecule has 102 valence electrons. The van der Waals surface area contributed by atoms with Crippen LogP contribution in [0.4, 0.5) is 0 Å². The Labute approximate surface area is 111 Å². The smallest absolute Gasteiger partial charge is 0.337 e. The molecule has 19 heavy (non-hydrogen) atoms. The summed E-state index contributed by atoms with van der Waals surface area (Å²) in [5, 5.41) is 9.02. The molecule has 0 aromatic carbocycles. The van der Waals surface area contributed by atoms with E-state index in [4.69, 9.17) is 14.6 Å². The van der Waals surface area contributed by atoms with Gasteiger partial charge in [0.1, 0.15) is 6.10 Å². The molecule has 1 aromatic rings. The van der Waals surface area contributed by atoms with Crippen LogP contribution in [-0.4, -0.2) is 35.4 Å². The maximum Gasteiger partial charge on any atom is 0.337 e. The number of carbonyl (C=O) groups is 1. The molecule has 2 aliphatic rings. The predicted octanol–water partition coefficient (Wildman–Crippen LogP) is 2.21. The van der Waals surface area contributed by atoms with Gasteiger partial charge in [-0.15, -0.1) is 0 Å². The average Bonchev–Trinajstić information content (AvgIpc) is 3.24. The monoisotopic (exact) mass is 263 g/mol. The van der Waals surface area contributed by atoms with Crippen LogP contribution in [0.15, 0.2) is 12.3 Å². The van der Waals surface area contributed by atoms with Gasteiger partial charge in [-0.1, -0.05) is 0 Å². The van der Waals surface area contributed by atoms with Crippen LogP contribution >= 0.6 is 0 Å². The maximum atomic E-state index is 11.0. The zero-order chi connectivity index (χ0) is 13.2. The summed E-state index contributed by atoms with van der Waals surface area (Å²) in [6.07, 6.45) is 5.54. The Morgan fingerprint density at radius 3 is 2.89 bits per heavy atom. The van der Waals surface area contributed by atoms with E-state index in [0.29, 0.717) is 18.4 Å². The van der Waals surface area contributed by atoms with Crippen molar-refractivity contribution in [1.29, 1.82) is 0 Å². The molecule has 1 N–H and O–H groups in total. The number of hydrogen-bond donors (Lipinski definition) is 1. The summed E-state index contributed by atoms with van der Waals surface area (Å²) < 4.78 is 11.3. The number of nitrogens with zero attached hydrogens (tertiary/aromatic N) is 1. The summed E-state index contributed by atoms with van der Waals surface area (Å²) in [6.45, 7) is 1.38. The van der Waals surface area contributed by atoms with E-state index < -0.39 is 5.97 Å². The normalized spacial score (nSPS) is 23.1. The third kappa shape index (κ3) is 2.87. The molecule has 3 rings (SSSR count). The minimum absolute atomic E-state index is 0.0365. The second kappa shape index (κ2) is 5.17. The molecule has 5 heteroatoms. The summed E-state index contributed by atoms with van der Waals surface area (Å²) in [5.74, 6) is 0.0521. The van der Waals surface area contributed by atoms with E-state index in [1.165, 1.54) is 6.20 Å². The van der Waals surface area contributed by atoms with E-state index in [-0.39, 0.29) is 11.7 Å². The largest absolute Gasteiger partial charge is 0.478 e. The minimum Gasteiger partial charge on any atom is -0.478 e. The lowest BCUT2D eigenvalue weighted by molar-refractivity contribution is 0.00505. The van der Waals surface area contributed by atoms with E-state index in [9.17, 15) is 4.79 Å². The minimum atomic E-state index is -0.943. The van der Waals surface area contributed by atoms with Gasteiger partial charge in [0.05, 0.1) is 12.2 Å². The third-order valence-corrected chi connectivity index (χ3v) is 3.54. The lowest BCUT2D eigenvalue weighted by Gasteiger charge is -2.23. The van der Waals surface area contributed by atoms with Crippen molar-refractivity contribution in [2.24, 2.45) is 0 Å². The summed E-state index contributed by atoms with van der Waals surface area (Å²) in [5.41, 5.74) is 1.17. The predicted molar refractivity (Wildman–Crippen MR) is 67.6 cm³/mol. The number of ether oxygens (including phenoxy) is 2. The van der Waals surface area contributed by atoms with Crippen LogP contribution in [0, 0.1) is 0 Å². The van der Waals surface area contributed by atoms with Crippen molar-refractivity contribution in [3.05, 3.63) is 23.4 Å². The fourth-order valence-corrected chi connectivity index (χ4v) is 2.33. The van der Waals surface area contributed by atoms with Gasteiger partial charge in [0.25, 0.3) is 0 Å². The highest BCUT2D eigenvalue weighted by molar-refractivity contribution is 5.87. The fraction of sp³-hybridized carbons (Fsp3) is 0.571. The highest BCUT2D eigenvalue weighted by atomic mass is 16.5. The molecule has 1 saturated carbocycles. The third-order valence-electron chi connectivity index (χ3n) is 3.54. The van der Waals surface area contributed by atoms with Crippen LogP contribution < -0.4 is 4.74 Å². The van der Waals surface area contributed by atoms with Crippen LogP contribution in [0.3, 0.4) is 0 Å². The number of carboxylic acid groups (broad SMARTS) is 1. The van der Waals surface area contributed by atoms with Crippen LogP contribution in [0.1, 0.15) is 47.5 Å². The molecule has 0 amide bonds. The van der Waals surface area contributed by atoms with Gasteiger partial charge < -0.3 is 14.6 Å². The number of aromatic carboxylic acids is 1. The Hall–Kier alpha value is -1.62. The van der Waals surface area contributed by atoms with Gasteiger partial charge in [-0.25, -0.2) is 9.78 Å². The van der Waals surface area contributed by atoms with Crippen LogP contribution in [-0.2, 0) is 4.74 Å². The molecule has 2 heterocycles. The highest BCUT2D eigenvalue weighted by Gasteiger charge is 2.30. The molecule has 1 aromatic heterocycles. The number of rotatable bonds is 4. The van der Waals surface area contributed by atoms with Gasteiger partial charge >= 0.3 is 5.97 Å². The molecular formula is C14H17NO4. The lowest BCUT2D eigenvalue weighted by Crippen LogP contribution is -2.28. The van der Waals surface area contributed by atoms with Crippen LogP contribution in [0.25, 0.3) is 0 Å². The summed E-state index contributed by atoms with van der Waals surface area (Å²) >= 11 is 0. The van der Waals surface area contributed by atoms with Gasteiger partial charge in [0, 0.05) is 18.4 Å². The zero-order valence-corrected chi connectivity index (χ0v) is 10.7. The summed E-state index contributed by atoms with van der Waals surface area (Å²) in [7, 11) is 0. The maximum absolute atomic E-state index is 11.0. The first-order valence-electron chi connectivity index (χ1n) is 6.71. The molecular weight excluding hydrogens is 246 g/mol. The van der Waals surface area contributed by atoms with Gasteiger partial charge in [-0.2, -0.15) is 0 Å². The molecule has 1 saturated heterocycles. The van der Waals surface area contributed by atoms with E-state index in [0.717, 1.165) is 37.9 Å². The Kier molecular flexibility index (Phi) is 3.38. The van der Waals surface area contributed by atoms with Crippen molar-refractivity contribution in [3.8, 4) is 5.88 Å². The van der Waals surface area contributed by atoms with Crippen molar-refractivity contribution in [2.45, 2.75) is 37.7 Å². The highest BCUT2D eigenvalue weighted by Crippen LogP contribution is 2.44. The average molecular weight is 263 g/mol. The second-order valence-corrected chi connectivity index (χ2v) is 5.15. The molecule has 2 fully saturated rings. The van der Waals surface area contributed by atoms with Gasteiger partial charge in [-0.3, -0.25) is 0 Å². The molecule has 1 aliphatic carbocycles. The molecule has 1 atom stereocenters. The van der Waals surface area contributed by atoms with Crippen LogP contribution in [0.2, 0.25) is 0 Å². The Balaban J connectivity index is 1.81. The van der Waals surface area contributed by atoms with Crippen LogP contribution in [0.5, 0.6) is 5.88 Å². The first-order valence-corrected chi connectivity index (χ1v) is 6.71. The standard InChI is InChI=1S/C14H17NO4/c16-14(17)10-6-12(9-3-4-9)13(15-7-10)19-11-2-1-5-18-8-11/h6-7,9,11H,1-5,8H2,(H,16,17)/t11-/m1/s1. The van der Waals surface area contributed by atoms with E-state index >= 15 is 0 Å².